The van der Waals surface area contributed by atoms with Crippen molar-refractivity contribution in [3.8, 4) is 11.5 Å². The average Bonchev–Trinajstić information content (AvgIpc) is 2.48. The van der Waals surface area contributed by atoms with E-state index in [1.165, 1.54) is 0 Å². The zero-order valence-corrected chi connectivity index (χ0v) is 11.7. The Morgan fingerprint density at radius 2 is 1.63 bits per heavy atom. The number of rotatable bonds is 4. The van der Waals surface area contributed by atoms with E-state index >= 15 is 0 Å². The van der Waals surface area contributed by atoms with Crippen LogP contribution in [-0.4, -0.2) is 19.2 Å². The van der Waals surface area contributed by atoms with E-state index in [1.54, 1.807) is 14.2 Å². The lowest BCUT2D eigenvalue weighted by molar-refractivity contribution is 0.415. The third-order valence-electron chi connectivity index (χ3n) is 2.71. The van der Waals surface area contributed by atoms with Gasteiger partial charge in [-0.05, 0) is 36.4 Å². The molecule has 3 nitrogen and oxygen atoms in total. The van der Waals surface area contributed by atoms with E-state index in [2.05, 4.69) is 5.32 Å². The number of hydrogen-bond acceptors (Lipinski definition) is 3. The van der Waals surface area contributed by atoms with Crippen LogP contribution in [0.4, 0.5) is 5.69 Å². The quantitative estimate of drug-likeness (QED) is 0.864. The molecule has 4 heteroatoms. The van der Waals surface area contributed by atoms with Gasteiger partial charge in [-0.2, -0.15) is 0 Å². The average molecular weight is 273 g/mol. The van der Waals surface area contributed by atoms with E-state index in [4.69, 9.17) is 21.7 Å². The van der Waals surface area contributed by atoms with E-state index in [1.807, 2.05) is 48.5 Å². The molecular formula is C15H15NO2S. The third kappa shape index (κ3) is 3.23. The fourth-order valence-electron chi connectivity index (χ4n) is 1.68. The number of nitrogens with one attached hydrogen (secondary N) is 1. The number of benzene rings is 2. The lowest BCUT2D eigenvalue weighted by Gasteiger charge is -2.12. The highest BCUT2D eigenvalue weighted by atomic mass is 32.1. The Hall–Kier alpha value is -2.07. The highest BCUT2D eigenvalue weighted by Crippen LogP contribution is 2.24. The molecule has 0 heterocycles. The van der Waals surface area contributed by atoms with E-state index < -0.39 is 0 Å². The molecule has 2 aromatic rings. The molecule has 19 heavy (non-hydrogen) atoms. The van der Waals surface area contributed by atoms with Gasteiger partial charge in [-0.25, -0.2) is 0 Å². The van der Waals surface area contributed by atoms with Crippen LogP contribution in [0.3, 0.4) is 0 Å². The molecule has 0 bridgehead atoms. The van der Waals surface area contributed by atoms with E-state index in [0.29, 0.717) is 4.99 Å². The van der Waals surface area contributed by atoms with Crippen molar-refractivity contribution < 1.29 is 9.47 Å². The largest absolute Gasteiger partial charge is 0.497 e. The molecule has 0 unspecified atom stereocenters. The second kappa shape index (κ2) is 6.20. The first-order chi connectivity index (χ1) is 9.24. The molecule has 2 aromatic carbocycles. The summed E-state index contributed by atoms with van der Waals surface area (Å²) < 4.78 is 10.4. The Kier molecular flexibility index (Phi) is 4.36. The van der Waals surface area contributed by atoms with Crippen LogP contribution < -0.4 is 14.8 Å². The van der Waals surface area contributed by atoms with Gasteiger partial charge in [0, 0.05) is 5.56 Å². The molecule has 0 saturated carbocycles. The van der Waals surface area contributed by atoms with Gasteiger partial charge in [0.2, 0.25) is 0 Å². The van der Waals surface area contributed by atoms with Crippen molar-refractivity contribution in [3.05, 3.63) is 54.1 Å². The monoisotopic (exact) mass is 273 g/mol. The zero-order valence-electron chi connectivity index (χ0n) is 10.8. The molecule has 0 aliphatic heterocycles. The van der Waals surface area contributed by atoms with Crippen LogP contribution in [0.5, 0.6) is 11.5 Å². The smallest absolute Gasteiger partial charge is 0.142 e. The molecule has 0 amide bonds. The fraction of sp³-hybridized carbons (Fsp3) is 0.133. The standard InChI is InChI=1S/C15H15NO2S/c1-17-12-9-7-11(8-10-12)15(19)16-13-5-3-4-6-14(13)18-2/h3-10H,1-2H3,(H,16,19). The van der Waals surface area contributed by atoms with Gasteiger partial charge in [0.05, 0.1) is 19.9 Å². The van der Waals surface area contributed by atoms with Crippen LogP contribution in [0, 0.1) is 0 Å². The van der Waals surface area contributed by atoms with Crippen molar-refractivity contribution in [2.24, 2.45) is 0 Å². The summed E-state index contributed by atoms with van der Waals surface area (Å²) in [6.45, 7) is 0. The Morgan fingerprint density at radius 1 is 0.947 bits per heavy atom. The van der Waals surface area contributed by atoms with E-state index in [9.17, 15) is 0 Å². The lowest BCUT2D eigenvalue weighted by Crippen LogP contribution is -2.11. The molecule has 0 aliphatic carbocycles. The van der Waals surface area contributed by atoms with Crippen LogP contribution in [0.2, 0.25) is 0 Å². The first-order valence-electron chi connectivity index (χ1n) is 5.83. The number of ether oxygens (including phenoxy) is 2. The van der Waals surface area contributed by atoms with Crippen molar-refractivity contribution in [1.82, 2.24) is 0 Å². The molecular weight excluding hydrogens is 258 g/mol. The van der Waals surface area contributed by atoms with Crippen LogP contribution in [0.1, 0.15) is 5.56 Å². The Morgan fingerprint density at radius 3 is 2.26 bits per heavy atom. The fourth-order valence-corrected chi connectivity index (χ4v) is 1.93. The molecule has 0 fully saturated rings. The summed E-state index contributed by atoms with van der Waals surface area (Å²) >= 11 is 5.38. The van der Waals surface area contributed by atoms with Crippen LogP contribution in [0.15, 0.2) is 48.5 Å². The SMILES string of the molecule is COc1ccc(C(=S)Nc2ccccc2OC)cc1. The van der Waals surface area contributed by atoms with Crippen LogP contribution in [0.25, 0.3) is 0 Å². The highest BCUT2D eigenvalue weighted by molar-refractivity contribution is 7.81. The summed E-state index contributed by atoms with van der Waals surface area (Å²) in [6.07, 6.45) is 0. The van der Waals surface area contributed by atoms with Crippen molar-refractivity contribution in [2.75, 3.05) is 19.5 Å². The molecule has 0 aromatic heterocycles. The molecule has 1 N–H and O–H groups in total. The number of hydrogen-bond donors (Lipinski definition) is 1. The van der Waals surface area contributed by atoms with Crippen molar-refractivity contribution >= 4 is 22.9 Å². The van der Waals surface area contributed by atoms with Crippen LogP contribution >= 0.6 is 12.2 Å². The predicted octanol–water partition coefficient (Wildman–Crippen LogP) is 3.49. The molecule has 0 aliphatic rings. The topological polar surface area (TPSA) is 30.5 Å². The maximum Gasteiger partial charge on any atom is 0.142 e. The van der Waals surface area contributed by atoms with Gasteiger partial charge in [-0.15, -0.1) is 0 Å². The van der Waals surface area contributed by atoms with Gasteiger partial charge >= 0.3 is 0 Å². The minimum atomic E-state index is 0.646. The Balaban J connectivity index is 2.16. The summed E-state index contributed by atoms with van der Waals surface area (Å²) in [5, 5.41) is 3.18. The predicted molar refractivity (Wildman–Crippen MR) is 81.3 cm³/mol. The number of methoxy groups -OCH3 is 2. The summed E-state index contributed by atoms with van der Waals surface area (Å²) in [6, 6.07) is 15.3. The molecule has 2 rings (SSSR count). The molecule has 98 valence electrons. The first kappa shape index (κ1) is 13.4. The summed E-state index contributed by atoms with van der Waals surface area (Å²) in [5.74, 6) is 1.57. The number of para-hydroxylation sites is 2. The summed E-state index contributed by atoms with van der Waals surface area (Å²) in [4.78, 5) is 0.646. The van der Waals surface area contributed by atoms with Crippen LogP contribution in [-0.2, 0) is 0 Å². The normalized spacial score (nSPS) is 9.79. The number of anilines is 1. The first-order valence-corrected chi connectivity index (χ1v) is 6.24. The minimum absolute atomic E-state index is 0.646. The second-order valence-corrected chi connectivity index (χ2v) is 4.29. The maximum atomic E-state index is 5.38. The van der Waals surface area contributed by atoms with Crippen molar-refractivity contribution in [2.45, 2.75) is 0 Å². The maximum absolute atomic E-state index is 5.38. The lowest BCUT2D eigenvalue weighted by atomic mass is 10.2. The van der Waals surface area contributed by atoms with E-state index in [0.717, 1.165) is 22.7 Å². The zero-order chi connectivity index (χ0) is 13.7. The van der Waals surface area contributed by atoms with E-state index in [-0.39, 0.29) is 0 Å². The van der Waals surface area contributed by atoms with Gasteiger partial charge < -0.3 is 14.8 Å². The number of thiocarbonyl (C=S) groups is 1. The van der Waals surface area contributed by atoms with Gasteiger partial charge in [0.15, 0.2) is 0 Å². The van der Waals surface area contributed by atoms with Gasteiger partial charge in [-0.1, -0.05) is 24.4 Å². The van der Waals surface area contributed by atoms with Crippen molar-refractivity contribution in [1.29, 1.82) is 0 Å². The Labute approximate surface area is 118 Å². The highest BCUT2D eigenvalue weighted by Gasteiger charge is 2.06. The third-order valence-corrected chi connectivity index (χ3v) is 3.05. The van der Waals surface area contributed by atoms with Gasteiger partial charge in [0.1, 0.15) is 16.5 Å². The molecule has 0 spiro atoms. The minimum Gasteiger partial charge on any atom is -0.497 e. The van der Waals surface area contributed by atoms with Gasteiger partial charge in [-0.3, -0.25) is 0 Å². The summed E-state index contributed by atoms with van der Waals surface area (Å²) in [5.41, 5.74) is 1.78. The van der Waals surface area contributed by atoms with Gasteiger partial charge in [0.25, 0.3) is 0 Å². The molecule has 0 saturated heterocycles. The Bertz CT molecular complexity index is 567. The molecule has 0 atom stereocenters. The summed E-state index contributed by atoms with van der Waals surface area (Å²) in [7, 11) is 3.28. The second-order valence-electron chi connectivity index (χ2n) is 3.88. The van der Waals surface area contributed by atoms with Crippen molar-refractivity contribution in [3.63, 3.8) is 0 Å². The molecule has 0 radical (unpaired) electrons.